The van der Waals surface area contributed by atoms with Crippen molar-refractivity contribution in [1.29, 1.82) is 0 Å². The first-order chi connectivity index (χ1) is 9.96. The van der Waals surface area contributed by atoms with Gasteiger partial charge in [-0.15, -0.1) is 0 Å². The molecule has 1 heterocycles. The van der Waals surface area contributed by atoms with Crippen LogP contribution in [-0.2, 0) is 14.8 Å². The lowest BCUT2D eigenvalue weighted by Gasteiger charge is -2.20. The lowest BCUT2D eigenvalue weighted by atomic mass is 10.2. The lowest BCUT2D eigenvalue weighted by Crippen LogP contribution is -2.36. The molecule has 0 bridgehead atoms. The second kappa shape index (κ2) is 6.19. The van der Waals surface area contributed by atoms with Gasteiger partial charge in [-0.3, -0.25) is 9.78 Å². The van der Waals surface area contributed by atoms with Crippen LogP contribution in [0.1, 0.15) is 13.3 Å². The van der Waals surface area contributed by atoms with Crippen LogP contribution in [0.3, 0.4) is 0 Å². The van der Waals surface area contributed by atoms with Crippen LogP contribution in [0.4, 0.5) is 0 Å². The Bertz CT molecular complexity index is 753. The normalized spacial score (nSPS) is 11.9. The summed E-state index contributed by atoms with van der Waals surface area (Å²) in [7, 11) is -3.87. The number of aliphatic carboxylic acids is 1. The monoisotopic (exact) mass is 308 g/mol. The summed E-state index contributed by atoms with van der Waals surface area (Å²) in [6.45, 7) is 1.41. The van der Waals surface area contributed by atoms with Gasteiger partial charge in [-0.1, -0.05) is 13.0 Å². The standard InChI is InChI=1S/C14H16N2O4S/c1-2-9-16(10-14(17)18)21(19,20)13-7-3-6-12-11(13)5-4-8-15-12/h3-8H,2,9-10H2,1H3,(H,17,18). The number of hydrogen-bond acceptors (Lipinski definition) is 4. The van der Waals surface area contributed by atoms with Crippen LogP contribution < -0.4 is 0 Å². The van der Waals surface area contributed by atoms with Gasteiger partial charge in [-0.05, 0) is 30.7 Å². The fourth-order valence-electron chi connectivity index (χ4n) is 2.12. The van der Waals surface area contributed by atoms with Gasteiger partial charge in [0.25, 0.3) is 0 Å². The number of carboxylic acids is 1. The predicted octanol–water partition coefficient (Wildman–Crippen LogP) is 1.72. The number of fused-ring (bicyclic) bond motifs is 1. The van der Waals surface area contributed by atoms with E-state index in [1.807, 2.05) is 0 Å². The van der Waals surface area contributed by atoms with Crippen molar-refractivity contribution in [3.8, 4) is 0 Å². The Labute approximate surface area is 123 Å². The number of carbonyl (C=O) groups is 1. The molecular weight excluding hydrogens is 292 g/mol. The van der Waals surface area contributed by atoms with E-state index in [2.05, 4.69) is 4.98 Å². The Morgan fingerprint density at radius 1 is 1.29 bits per heavy atom. The lowest BCUT2D eigenvalue weighted by molar-refractivity contribution is -0.137. The van der Waals surface area contributed by atoms with E-state index >= 15 is 0 Å². The highest BCUT2D eigenvalue weighted by Crippen LogP contribution is 2.24. The van der Waals surface area contributed by atoms with Crippen molar-refractivity contribution in [2.45, 2.75) is 18.2 Å². The second-order valence-electron chi connectivity index (χ2n) is 4.56. The highest BCUT2D eigenvalue weighted by Gasteiger charge is 2.27. The van der Waals surface area contributed by atoms with Crippen molar-refractivity contribution in [2.24, 2.45) is 0 Å². The summed E-state index contributed by atoms with van der Waals surface area (Å²) >= 11 is 0. The average molecular weight is 308 g/mol. The molecule has 2 rings (SSSR count). The highest BCUT2D eigenvalue weighted by atomic mass is 32.2. The van der Waals surface area contributed by atoms with Crippen LogP contribution >= 0.6 is 0 Å². The Balaban J connectivity index is 2.56. The zero-order valence-corrected chi connectivity index (χ0v) is 12.4. The fraction of sp³-hybridized carbons (Fsp3) is 0.286. The van der Waals surface area contributed by atoms with Crippen molar-refractivity contribution < 1.29 is 18.3 Å². The van der Waals surface area contributed by atoms with Crippen LogP contribution in [-0.4, -0.2) is 41.9 Å². The molecule has 6 nitrogen and oxygen atoms in total. The van der Waals surface area contributed by atoms with E-state index in [0.717, 1.165) is 4.31 Å². The topological polar surface area (TPSA) is 87.6 Å². The first-order valence-corrected chi connectivity index (χ1v) is 7.96. The van der Waals surface area contributed by atoms with Gasteiger partial charge in [0.05, 0.1) is 10.4 Å². The molecule has 0 aliphatic rings. The van der Waals surface area contributed by atoms with E-state index in [1.165, 1.54) is 6.07 Å². The van der Waals surface area contributed by atoms with Crippen LogP contribution in [0, 0.1) is 0 Å². The smallest absolute Gasteiger partial charge is 0.318 e. The van der Waals surface area contributed by atoms with E-state index in [1.54, 1.807) is 37.4 Å². The molecule has 0 saturated carbocycles. The maximum Gasteiger partial charge on any atom is 0.318 e. The second-order valence-corrected chi connectivity index (χ2v) is 6.46. The molecule has 2 aromatic rings. The average Bonchev–Trinajstić information content (AvgIpc) is 2.45. The third-order valence-electron chi connectivity index (χ3n) is 3.01. The molecule has 1 aromatic heterocycles. The summed E-state index contributed by atoms with van der Waals surface area (Å²) < 4.78 is 26.4. The third-order valence-corrected chi connectivity index (χ3v) is 4.91. The summed E-state index contributed by atoms with van der Waals surface area (Å²) in [6, 6.07) is 8.12. The SMILES string of the molecule is CCCN(CC(=O)O)S(=O)(=O)c1cccc2ncccc12. The molecule has 0 aliphatic carbocycles. The molecular formula is C14H16N2O4S. The molecule has 0 atom stereocenters. The molecule has 0 aliphatic heterocycles. The quantitative estimate of drug-likeness (QED) is 0.878. The molecule has 1 N–H and O–H groups in total. The molecule has 0 spiro atoms. The summed E-state index contributed by atoms with van der Waals surface area (Å²) in [5.41, 5.74) is 0.561. The van der Waals surface area contributed by atoms with Crippen LogP contribution in [0.15, 0.2) is 41.4 Å². The van der Waals surface area contributed by atoms with E-state index < -0.39 is 22.5 Å². The first kappa shape index (κ1) is 15.4. The van der Waals surface area contributed by atoms with Gasteiger partial charge < -0.3 is 5.11 Å². The maximum absolute atomic E-state index is 12.7. The van der Waals surface area contributed by atoms with Crippen molar-refractivity contribution in [1.82, 2.24) is 9.29 Å². The summed E-state index contributed by atoms with van der Waals surface area (Å²) in [5.74, 6) is -1.18. The Kier molecular flexibility index (Phi) is 4.54. The number of nitrogens with zero attached hydrogens (tertiary/aromatic N) is 2. The van der Waals surface area contributed by atoms with Gasteiger partial charge in [0.15, 0.2) is 0 Å². The number of hydrogen-bond donors (Lipinski definition) is 1. The Morgan fingerprint density at radius 3 is 2.71 bits per heavy atom. The van der Waals surface area contributed by atoms with Gasteiger partial charge in [0.1, 0.15) is 6.54 Å². The fourth-order valence-corrected chi connectivity index (χ4v) is 3.81. The molecule has 1 aromatic carbocycles. The molecule has 21 heavy (non-hydrogen) atoms. The molecule has 0 fully saturated rings. The van der Waals surface area contributed by atoms with Gasteiger partial charge in [-0.2, -0.15) is 4.31 Å². The van der Waals surface area contributed by atoms with E-state index in [9.17, 15) is 13.2 Å². The molecule has 0 unspecified atom stereocenters. The van der Waals surface area contributed by atoms with Crippen molar-refractivity contribution in [3.63, 3.8) is 0 Å². The minimum absolute atomic E-state index is 0.0859. The predicted molar refractivity (Wildman–Crippen MR) is 78.4 cm³/mol. The summed E-state index contributed by atoms with van der Waals surface area (Å²) in [4.78, 5) is 15.1. The van der Waals surface area contributed by atoms with Gasteiger partial charge in [0, 0.05) is 18.1 Å². The van der Waals surface area contributed by atoms with Crippen molar-refractivity contribution in [3.05, 3.63) is 36.5 Å². The number of rotatable bonds is 6. The maximum atomic E-state index is 12.7. The zero-order chi connectivity index (χ0) is 15.5. The molecule has 112 valence electrons. The van der Waals surface area contributed by atoms with Crippen LogP contribution in [0.25, 0.3) is 10.9 Å². The Hall–Kier alpha value is -1.99. The number of sulfonamides is 1. The zero-order valence-electron chi connectivity index (χ0n) is 11.6. The third kappa shape index (κ3) is 3.20. The minimum Gasteiger partial charge on any atom is -0.480 e. The van der Waals surface area contributed by atoms with Gasteiger partial charge in [0.2, 0.25) is 10.0 Å². The van der Waals surface area contributed by atoms with Crippen molar-refractivity contribution >= 4 is 26.9 Å². The highest BCUT2D eigenvalue weighted by molar-refractivity contribution is 7.89. The first-order valence-electron chi connectivity index (χ1n) is 6.52. The largest absolute Gasteiger partial charge is 0.480 e. The Morgan fingerprint density at radius 2 is 2.05 bits per heavy atom. The van der Waals surface area contributed by atoms with Crippen LogP contribution in [0.2, 0.25) is 0 Å². The number of carboxylic acid groups (broad SMARTS) is 1. The number of pyridine rings is 1. The van der Waals surface area contributed by atoms with E-state index in [0.29, 0.717) is 17.3 Å². The summed E-state index contributed by atoms with van der Waals surface area (Å²) in [5, 5.41) is 9.41. The van der Waals surface area contributed by atoms with Crippen LogP contribution in [0.5, 0.6) is 0 Å². The molecule has 0 saturated heterocycles. The minimum atomic E-state index is -3.87. The van der Waals surface area contributed by atoms with Crippen molar-refractivity contribution in [2.75, 3.05) is 13.1 Å². The molecule has 0 radical (unpaired) electrons. The number of benzene rings is 1. The van der Waals surface area contributed by atoms with E-state index in [-0.39, 0.29) is 11.4 Å². The van der Waals surface area contributed by atoms with Gasteiger partial charge >= 0.3 is 5.97 Å². The van der Waals surface area contributed by atoms with Gasteiger partial charge in [-0.25, -0.2) is 8.42 Å². The number of aromatic nitrogens is 1. The molecule has 7 heteroatoms. The molecule has 0 amide bonds. The van der Waals surface area contributed by atoms with E-state index in [4.69, 9.17) is 5.11 Å². The summed E-state index contributed by atoms with van der Waals surface area (Å²) in [6.07, 6.45) is 2.12.